The number of hydrogen-bond acceptors (Lipinski definition) is 4. The first kappa shape index (κ1) is 17.8. The topological polar surface area (TPSA) is 93.1 Å². The third kappa shape index (κ3) is 3.99. The van der Waals surface area contributed by atoms with Crippen LogP contribution in [0.1, 0.15) is 40.2 Å². The van der Waals surface area contributed by atoms with Crippen molar-refractivity contribution in [2.75, 3.05) is 5.32 Å². The van der Waals surface area contributed by atoms with E-state index in [1.165, 1.54) is 10.8 Å². The van der Waals surface area contributed by atoms with Gasteiger partial charge < -0.3 is 10.6 Å². The number of aryl methyl sites for hydroxylation is 3. The number of anilines is 1. The van der Waals surface area contributed by atoms with Crippen LogP contribution in [-0.4, -0.2) is 27.4 Å². The molecule has 0 aliphatic heterocycles. The standard InChI is InChI=1S/C19H22N4O3/c1-11-4-7-16(12(2)8-11)22-17(24)10-23-13(3)20-9-15(19(23)26)18(25)21-14-5-6-14/h4,7-9,14H,5-6,10H2,1-3H3,(H,21,25)(H,22,24). The lowest BCUT2D eigenvalue weighted by Crippen LogP contribution is -2.37. The van der Waals surface area contributed by atoms with E-state index in [0.717, 1.165) is 24.0 Å². The van der Waals surface area contributed by atoms with Crippen LogP contribution in [0.25, 0.3) is 0 Å². The van der Waals surface area contributed by atoms with E-state index in [1.807, 2.05) is 32.0 Å². The second kappa shape index (κ2) is 7.11. The predicted octanol–water partition coefficient (Wildman–Crippen LogP) is 1.70. The van der Waals surface area contributed by atoms with E-state index in [2.05, 4.69) is 15.6 Å². The number of rotatable bonds is 5. The third-order valence-electron chi connectivity index (χ3n) is 4.36. The summed E-state index contributed by atoms with van der Waals surface area (Å²) in [5.41, 5.74) is 2.19. The van der Waals surface area contributed by atoms with Crippen LogP contribution in [0.4, 0.5) is 5.69 Å². The van der Waals surface area contributed by atoms with Crippen molar-refractivity contribution in [2.24, 2.45) is 0 Å². The van der Waals surface area contributed by atoms with Crippen LogP contribution in [0, 0.1) is 20.8 Å². The van der Waals surface area contributed by atoms with Gasteiger partial charge in [0, 0.05) is 17.9 Å². The van der Waals surface area contributed by atoms with E-state index in [0.29, 0.717) is 11.5 Å². The molecule has 2 amide bonds. The largest absolute Gasteiger partial charge is 0.349 e. The number of carbonyl (C=O) groups is 2. The zero-order chi connectivity index (χ0) is 18.8. The summed E-state index contributed by atoms with van der Waals surface area (Å²) in [5, 5.41) is 5.58. The van der Waals surface area contributed by atoms with Crippen molar-refractivity contribution in [1.82, 2.24) is 14.9 Å². The molecule has 0 radical (unpaired) electrons. The zero-order valence-corrected chi connectivity index (χ0v) is 15.1. The Balaban J connectivity index is 1.78. The predicted molar refractivity (Wildman–Crippen MR) is 98.3 cm³/mol. The minimum absolute atomic E-state index is 0.0400. The minimum Gasteiger partial charge on any atom is -0.349 e. The third-order valence-corrected chi connectivity index (χ3v) is 4.36. The summed E-state index contributed by atoms with van der Waals surface area (Å²) >= 11 is 0. The van der Waals surface area contributed by atoms with Gasteiger partial charge in [0.15, 0.2) is 0 Å². The Morgan fingerprint density at radius 3 is 2.62 bits per heavy atom. The number of nitrogens with zero attached hydrogens (tertiary/aromatic N) is 2. The summed E-state index contributed by atoms with van der Waals surface area (Å²) in [5.74, 6) is -0.397. The Bertz CT molecular complexity index is 929. The molecule has 1 aliphatic rings. The first-order valence-electron chi connectivity index (χ1n) is 8.59. The highest BCUT2D eigenvalue weighted by Crippen LogP contribution is 2.19. The molecule has 0 saturated heterocycles. The van der Waals surface area contributed by atoms with E-state index >= 15 is 0 Å². The summed E-state index contributed by atoms with van der Waals surface area (Å²) in [4.78, 5) is 41.3. The molecule has 1 aromatic heterocycles. The lowest BCUT2D eigenvalue weighted by molar-refractivity contribution is -0.116. The lowest BCUT2D eigenvalue weighted by Gasteiger charge is -2.13. The fraction of sp³-hybridized carbons (Fsp3) is 0.368. The normalized spacial score (nSPS) is 13.3. The van der Waals surface area contributed by atoms with E-state index in [1.54, 1.807) is 6.92 Å². The number of carbonyl (C=O) groups excluding carboxylic acids is 2. The average Bonchev–Trinajstić information content (AvgIpc) is 3.38. The summed E-state index contributed by atoms with van der Waals surface area (Å²) in [6.45, 7) is 5.32. The van der Waals surface area contributed by atoms with Crippen LogP contribution in [0.3, 0.4) is 0 Å². The molecule has 136 valence electrons. The van der Waals surface area contributed by atoms with E-state index < -0.39 is 11.5 Å². The Labute approximate surface area is 151 Å². The van der Waals surface area contributed by atoms with E-state index in [-0.39, 0.29) is 24.1 Å². The molecule has 0 bridgehead atoms. The minimum atomic E-state index is -0.508. The molecule has 7 nitrogen and oxygen atoms in total. The van der Waals surface area contributed by atoms with Gasteiger partial charge in [-0.3, -0.25) is 19.0 Å². The van der Waals surface area contributed by atoms with Crippen molar-refractivity contribution < 1.29 is 9.59 Å². The van der Waals surface area contributed by atoms with Crippen molar-refractivity contribution in [3.8, 4) is 0 Å². The zero-order valence-electron chi connectivity index (χ0n) is 15.1. The van der Waals surface area contributed by atoms with Gasteiger partial charge in [0.1, 0.15) is 17.9 Å². The van der Waals surface area contributed by atoms with Gasteiger partial charge in [0.05, 0.1) is 0 Å². The van der Waals surface area contributed by atoms with Crippen LogP contribution in [-0.2, 0) is 11.3 Å². The summed E-state index contributed by atoms with van der Waals surface area (Å²) in [6.07, 6.45) is 3.13. The Morgan fingerprint density at radius 1 is 1.23 bits per heavy atom. The first-order chi connectivity index (χ1) is 12.3. The molecule has 0 atom stereocenters. The second-order valence-corrected chi connectivity index (χ2v) is 6.72. The maximum Gasteiger partial charge on any atom is 0.266 e. The lowest BCUT2D eigenvalue weighted by atomic mass is 10.1. The van der Waals surface area contributed by atoms with Gasteiger partial charge in [-0.2, -0.15) is 0 Å². The molecule has 7 heteroatoms. The monoisotopic (exact) mass is 354 g/mol. The second-order valence-electron chi connectivity index (χ2n) is 6.72. The molecule has 2 N–H and O–H groups in total. The highest BCUT2D eigenvalue weighted by atomic mass is 16.2. The van der Waals surface area contributed by atoms with Gasteiger partial charge >= 0.3 is 0 Å². The molecule has 1 heterocycles. The maximum atomic E-state index is 12.6. The van der Waals surface area contributed by atoms with E-state index in [4.69, 9.17) is 0 Å². The molecule has 0 unspecified atom stereocenters. The van der Waals surface area contributed by atoms with Gasteiger partial charge in [-0.15, -0.1) is 0 Å². The van der Waals surface area contributed by atoms with Crippen molar-refractivity contribution in [3.63, 3.8) is 0 Å². The van der Waals surface area contributed by atoms with Gasteiger partial charge in [0.25, 0.3) is 11.5 Å². The highest BCUT2D eigenvalue weighted by Gasteiger charge is 2.26. The number of benzene rings is 1. The van der Waals surface area contributed by atoms with Crippen molar-refractivity contribution in [1.29, 1.82) is 0 Å². The summed E-state index contributed by atoms with van der Waals surface area (Å²) in [6, 6.07) is 5.85. The Morgan fingerprint density at radius 2 is 1.96 bits per heavy atom. The van der Waals surface area contributed by atoms with Gasteiger partial charge in [-0.25, -0.2) is 4.98 Å². The fourth-order valence-electron chi connectivity index (χ4n) is 2.70. The van der Waals surface area contributed by atoms with Crippen LogP contribution in [0.15, 0.2) is 29.2 Å². The maximum absolute atomic E-state index is 12.6. The molecule has 1 aliphatic carbocycles. The number of hydrogen-bond donors (Lipinski definition) is 2. The number of aromatic nitrogens is 2. The average molecular weight is 354 g/mol. The molecular weight excluding hydrogens is 332 g/mol. The van der Waals surface area contributed by atoms with Crippen LogP contribution >= 0.6 is 0 Å². The molecule has 2 aromatic rings. The van der Waals surface area contributed by atoms with Gasteiger partial charge in [-0.1, -0.05) is 17.7 Å². The molecule has 26 heavy (non-hydrogen) atoms. The van der Waals surface area contributed by atoms with Crippen molar-refractivity contribution in [3.05, 3.63) is 57.3 Å². The SMILES string of the molecule is Cc1ccc(NC(=O)Cn2c(C)ncc(C(=O)NC3CC3)c2=O)c(C)c1. The molecular formula is C19H22N4O3. The Hall–Kier alpha value is -2.96. The molecule has 3 rings (SSSR count). The number of nitrogens with one attached hydrogen (secondary N) is 2. The van der Waals surface area contributed by atoms with Gasteiger partial charge in [0.2, 0.25) is 5.91 Å². The quantitative estimate of drug-likeness (QED) is 0.855. The number of amides is 2. The first-order valence-corrected chi connectivity index (χ1v) is 8.59. The molecule has 1 aromatic carbocycles. The van der Waals surface area contributed by atoms with Crippen molar-refractivity contribution >= 4 is 17.5 Å². The fourth-order valence-corrected chi connectivity index (χ4v) is 2.70. The van der Waals surface area contributed by atoms with E-state index in [9.17, 15) is 14.4 Å². The van der Waals surface area contributed by atoms with Crippen molar-refractivity contribution in [2.45, 2.75) is 46.2 Å². The summed E-state index contributed by atoms with van der Waals surface area (Å²) < 4.78 is 1.22. The van der Waals surface area contributed by atoms with Crippen LogP contribution in [0.5, 0.6) is 0 Å². The Kier molecular flexibility index (Phi) is 4.88. The molecule has 1 saturated carbocycles. The van der Waals surface area contributed by atoms with Gasteiger partial charge in [-0.05, 0) is 45.2 Å². The van der Waals surface area contributed by atoms with Crippen LogP contribution in [0.2, 0.25) is 0 Å². The van der Waals surface area contributed by atoms with Crippen LogP contribution < -0.4 is 16.2 Å². The molecule has 1 fully saturated rings. The smallest absolute Gasteiger partial charge is 0.266 e. The summed E-state index contributed by atoms with van der Waals surface area (Å²) in [7, 11) is 0. The molecule has 0 spiro atoms. The highest BCUT2D eigenvalue weighted by molar-refractivity contribution is 5.94.